The molecule has 2 aromatic rings. The van der Waals surface area contributed by atoms with Crippen LogP contribution in [0, 0.1) is 0 Å². The van der Waals surface area contributed by atoms with Gasteiger partial charge in [-0.25, -0.2) is 4.63 Å². The van der Waals surface area contributed by atoms with E-state index in [0.29, 0.717) is 5.69 Å². The molecular weight excluding hydrogens is 270 g/mol. The van der Waals surface area contributed by atoms with Gasteiger partial charge in [0, 0.05) is 12.2 Å². The van der Waals surface area contributed by atoms with E-state index in [1.54, 1.807) is 0 Å². The van der Waals surface area contributed by atoms with E-state index in [4.69, 9.17) is 5.73 Å². The highest BCUT2D eigenvalue weighted by molar-refractivity contribution is 6.05. The maximum Gasteiger partial charge on any atom is 0.281 e. The van der Waals surface area contributed by atoms with Gasteiger partial charge in [0.15, 0.2) is 0 Å². The van der Waals surface area contributed by atoms with Crippen molar-refractivity contribution in [3.05, 3.63) is 35.5 Å². The highest BCUT2D eigenvalue weighted by atomic mass is 16.6. The molecule has 1 aliphatic rings. The van der Waals surface area contributed by atoms with Crippen molar-refractivity contribution < 1.29 is 9.42 Å². The summed E-state index contributed by atoms with van der Waals surface area (Å²) in [5, 5.41) is 9.63. The number of nitrogen functional groups attached to an aromatic ring is 1. The summed E-state index contributed by atoms with van der Waals surface area (Å²) in [7, 11) is 0. The van der Waals surface area contributed by atoms with Gasteiger partial charge in [-0.05, 0) is 53.9 Å². The Bertz CT molecular complexity index is 634. The number of carbonyl (C=O) groups is 1. The van der Waals surface area contributed by atoms with E-state index in [-0.39, 0.29) is 11.5 Å². The van der Waals surface area contributed by atoms with Gasteiger partial charge in [0.1, 0.15) is 0 Å². The summed E-state index contributed by atoms with van der Waals surface area (Å²) in [5.74, 6) is -0.437. The fourth-order valence-electron chi connectivity index (χ4n) is 2.49. The minimum Gasteiger partial charge on any atom is -0.379 e. The van der Waals surface area contributed by atoms with Gasteiger partial charge < -0.3 is 11.1 Å². The van der Waals surface area contributed by atoms with Crippen LogP contribution < -0.4 is 11.1 Å². The minimum absolute atomic E-state index is 0.0000500. The summed E-state index contributed by atoms with van der Waals surface area (Å²) in [6.45, 7) is 3.17. The molecule has 0 unspecified atom stereocenters. The van der Waals surface area contributed by atoms with Crippen LogP contribution in [0.1, 0.15) is 28.9 Å². The number of likely N-dealkylation sites (tertiary alicyclic amines) is 1. The summed E-state index contributed by atoms with van der Waals surface area (Å²) < 4.78 is 4.42. The van der Waals surface area contributed by atoms with E-state index in [1.165, 1.54) is 18.4 Å². The Morgan fingerprint density at radius 1 is 1.33 bits per heavy atom. The molecule has 0 aliphatic carbocycles. The van der Waals surface area contributed by atoms with Gasteiger partial charge >= 0.3 is 0 Å². The summed E-state index contributed by atoms with van der Waals surface area (Å²) in [6, 6.07) is 7.76. The number of nitrogens with zero attached hydrogens (tertiary/aromatic N) is 3. The first-order chi connectivity index (χ1) is 10.2. The Morgan fingerprint density at radius 3 is 2.86 bits per heavy atom. The van der Waals surface area contributed by atoms with E-state index < -0.39 is 5.91 Å². The lowest BCUT2D eigenvalue weighted by Crippen LogP contribution is -2.18. The number of carbonyl (C=O) groups excluding carboxylic acids is 1. The Labute approximate surface area is 122 Å². The predicted molar refractivity (Wildman–Crippen MR) is 77.6 cm³/mol. The van der Waals surface area contributed by atoms with Crippen molar-refractivity contribution in [1.29, 1.82) is 0 Å². The minimum atomic E-state index is -0.424. The van der Waals surface area contributed by atoms with E-state index in [2.05, 4.69) is 31.2 Å². The number of benzene rings is 1. The van der Waals surface area contributed by atoms with E-state index in [9.17, 15) is 4.79 Å². The zero-order valence-corrected chi connectivity index (χ0v) is 11.6. The van der Waals surface area contributed by atoms with E-state index in [0.717, 1.165) is 19.6 Å². The zero-order chi connectivity index (χ0) is 14.7. The molecule has 1 saturated heterocycles. The highest BCUT2D eigenvalue weighted by Crippen LogP contribution is 2.17. The lowest BCUT2D eigenvalue weighted by Gasteiger charge is -2.15. The van der Waals surface area contributed by atoms with Crippen molar-refractivity contribution in [2.75, 3.05) is 24.1 Å². The third-order valence-electron chi connectivity index (χ3n) is 3.52. The number of anilines is 2. The summed E-state index contributed by atoms with van der Waals surface area (Å²) in [4.78, 5) is 14.4. The maximum atomic E-state index is 12.0. The third-order valence-corrected chi connectivity index (χ3v) is 3.52. The first-order valence-electron chi connectivity index (χ1n) is 6.93. The lowest BCUT2D eigenvalue weighted by molar-refractivity contribution is 0.101. The number of hydrogen-bond donors (Lipinski definition) is 2. The van der Waals surface area contributed by atoms with Crippen molar-refractivity contribution in [2.24, 2.45) is 0 Å². The zero-order valence-electron chi connectivity index (χ0n) is 11.6. The first-order valence-corrected chi connectivity index (χ1v) is 6.93. The Morgan fingerprint density at radius 2 is 2.14 bits per heavy atom. The summed E-state index contributed by atoms with van der Waals surface area (Å²) in [6.07, 6.45) is 2.52. The molecule has 1 fully saturated rings. The molecule has 21 heavy (non-hydrogen) atoms. The number of hydrogen-bond acceptors (Lipinski definition) is 6. The van der Waals surface area contributed by atoms with Crippen molar-refractivity contribution in [2.45, 2.75) is 19.4 Å². The average molecular weight is 287 g/mol. The van der Waals surface area contributed by atoms with Crippen LogP contribution in [0.25, 0.3) is 0 Å². The number of nitrogens with one attached hydrogen (secondary N) is 1. The maximum absolute atomic E-state index is 12.0. The van der Waals surface area contributed by atoms with Gasteiger partial charge in [-0.1, -0.05) is 12.1 Å². The number of nitrogens with two attached hydrogens (primary N) is 1. The molecule has 1 aromatic carbocycles. The molecule has 0 spiro atoms. The largest absolute Gasteiger partial charge is 0.379 e. The van der Waals surface area contributed by atoms with Crippen LogP contribution in [-0.2, 0) is 6.54 Å². The van der Waals surface area contributed by atoms with Crippen LogP contribution in [0.2, 0.25) is 0 Å². The fraction of sp³-hybridized carbons (Fsp3) is 0.357. The average Bonchev–Trinajstić information content (AvgIpc) is 3.10. The van der Waals surface area contributed by atoms with Gasteiger partial charge in [-0.15, -0.1) is 0 Å². The monoisotopic (exact) mass is 287 g/mol. The molecule has 110 valence electrons. The molecule has 1 amide bonds. The molecule has 7 heteroatoms. The normalized spacial score (nSPS) is 15.2. The number of amides is 1. The van der Waals surface area contributed by atoms with Gasteiger partial charge in [0.05, 0.1) is 0 Å². The van der Waals surface area contributed by atoms with Crippen LogP contribution in [0.3, 0.4) is 0 Å². The van der Waals surface area contributed by atoms with Gasteiger partial charge in [-0.3, -0.25) is 9.69 Å². The topological polar surface area (TPSA) is 97.3 Å². The Hall–Kier alpha value is -2.41. The standard InChI is InChI=1S/C14H17N5O2/c15-13-12(17-21-18-13)14(20)16-11-5-3-4-10(8-11)9-19-6-1-2-7-19/h3-5,8H,1-2,6-7,9H2,(H2,15,18)(H,16,20). The Balaban J connectivity index is 1.68. The Kier molecular flexibility index (Phi) is 3.83. The molecule has 0 atom stereocenters. The quantitative estimate of drug-likeness (QED) is 0.884. The highest BCUT2D eigenvalue weighted by Gasteiger charge is 2.16. The van der Waals surface area contributed by atoms with Gasteiger partial charge in [0.2, 0.25) is 11.5 Å². The second kappa shape index (κ2) is 5.92. The molecule has 7 nitrogen and oxygen atoms in total. The molecule has 3 rings (SSSR count). The van der Waals surface area contributed by atoms with E-state index >= 15 is 0 Å². The molecule has 0 bridgehead atoms. The fourth-order valence-corrected chi connectivity index (χ4v) is 2.49. The van der Waals surface area contributed by atoms with Crippen molar-refractivity contribution in [3.8, 4) is 0 Å². The second-order valence-electron chi connectivity index (χ2n) is 5.14. The predicted octanol–water partition coefficient (Wildman–Crippen LogP) is 1.50. The second-order valence-corrected chi connectivity index (χ2v) is 5.14. The molecule has 3 N–H and O–H groups in total. The molecule has 0 radical (unpaired) electrons. The smallest absolute Gasteiger partial charge is 0.281 e. The number of rotatable bonds is 4. The van der Waals surface area contributed by atoms with E-state index in [1.807, 2.05) is 18.2 Å². The van der Waals surface area contributed by atoms with Crippen LogP contribution in [0.15, 0.2) is 28.9 Å². The molecule has 1 aliphatic heterocycles. The SMILES string of the molecule is Nc1nonc1C(=O)Nc1cccc(CN2CCCC2)c1. The lowest BCUT2D eigenvalue weighted by atomic mass is 10.2. The van der Waals surface area contributed by atoms with Crippen molar-refractivity contribution in [3.63, 3.8) is 0 Å². The van der Waals surface area contributed by atoms with Crippen LogP contribution in [0.5, 0.6) is 0 Å². The third kappa shape index (κ3) is 3.19. The van der Waals surface area contributed by atoms with Crippen LogP contribution >= 0.6 is 0 Å². The van der Waals surface area contributed by atoms with Gasteiger partial charge in [0.25, 0.3) is 5.91 Å². The van der Waals surface area contributed by atoms with Gasteiger partial charge in [-0.2, -0.15) is 0 Å². The molecule has 2 heterocycles. The number of aromatic nitrogens is 2. The summed E-state index contributed by atoms with van der Waals surface area (Å²) >= 11 is 0. The van der Waals surface area contributed by atoms with Crippen LogP contribution in [0.4, 0.5) is 11.5 Å². The molecular formula is C14H17N5O2. The van der Waals surface area contributed by atoms with Crippen molar-refractivity contribution >= 4 is 17.4 Å². The molecule has 0 saturated carbocycles. The first kappa shape index (κ1) is 13.6. The van der Waals surface area contributed by atoms with Crippen molar-refractivity contribution in [1.82, 2.24) is 15.2 Å². The molecule has 1 aromatic heterocycles. The van der Waals surface area contributed by atoms with Crippen LogP contribution in [-0.4, -0.2) is 34.2 Å². The summed E-state index contributed by atoms with van der Waals surface area (Å²) in [5.41, 5.74) is 7.37.